The summed E-state index contributed by atoms with van der Waals surface area (Å²) >= 11 is 0. The van der Waals surface area contributed by atoms with Gasteiger partial charge in [0.05, 0.1) is 11.2 Å². The summed E-state index contributed by atoms with van der Waals surface area (Å²) in [5, 5.41) is 14.5. The van der Waals surface area contributed by atoms with Gasteiger partial charge in [-0.25, -0.2) is 4.99 Å². The highest BCUT2D eigenvalue weighted by Crippen LogP contribution is 2.38. The molecule has 124 valence electrons. The maximum Gasteiger partial charge on any atom is 0.191 e. The minimum atomic E-state index is -0.795. The lowest BCUT2D eigenvalue weighted by Crippen LogP contribution is -2.21. The van der Waals surface area contributed by atoms with E-state index in [-0.39, 0.29) is 5.96 Å². The van der Waals surface area contributed by atoms with Crippen LogP contribution in [-0.2, 0) is 0 Å². The molecule has 1 aliphatic rings. The zero-order valence-corrected chi connectivity index (χ0v) is 13.3. The molecule has 0 bridgehead atoms. The van der Waals surface area contributed by atoms with Crippen LogP contribution in [0.25, 0.3) is 22.6 Å². The number of hydrogen-bond acceptors (Lipinski definition) is 4. The second-order valence-electron chi connectivity index (χ2n) is 5.83. The minimum absolute atomic E-state index is 0.00267. The Balaban J connectivity index is 1.86. The van der Waals surface area contributed by atoms with Crippen LogP contribution in [0.1, 0.15) is 11.1 Å². The summed E-state index contributed by atoms with van der Waals surface area (Å²) in [6.07, 6.45) is 2.93. The zero-order chi connectivity index (χ0) is 17.4. The number of nitrogens with one attached hydrogen (secondary N) is 1. The van der Waals surface area contributed by atoms with Crippen molar-refractivity contribution in [3.8, 4) is 0 Å². The number of nitrogens with zero attached hydrogens (tertiary/aromatic N) is 2. The van der Waals surface area contributed by atoms with Crippen LogP contribution in [0, 0.1) is 0 Å². The van der Waals surface area contributed by atoms with Crippen LogP contribution >= 0.6 is 0 Å². The molecular weight excluding hydrogens is 314 g/mol. The van der Waals surface area contributed by atoms with E-state index < -0.39 is 6.23 Å². The number of aliphatic imine (C=N–C) groups is 1. The molecule has 6 heteroatoms. The smallest absolute Gasteiger partial charge is 0.191 e. The van der Waals surface area contributed by atoms with E-state index in [9.17, 15) is 5.11 Å². The standard InChI is InChI=1S/C19H17N5O/c20-19(21)23-12-5-6-17-14(10-12)15(18(25)24-17)9-11-7-8-22-16-4-2-1-3-13(11)16/h1-10,18,24-25H,(H4,20,21,23). The van der Waals surface area contributed by atoms with Gasteiger partial charge >= 0.3 is 0 Å². The summed E-state index contributed by atoms with van der Waals surface area (Å²) in [5.41, 5.74) is 15.9. The van der Waals surface area contributed by atoms with Crippen molar-refractivity contribution in [2.24, 2.45) is 16.5 Å². The Kier molecular flexibility index (Phi) is 3.59. The van der Waals surface area contributed by atoms with Gasteiger partial charge in [-0.2, -0.15) is 0 Å². The lowest BCUT2D eigenvalue weighted by Gasteiger charge is -2.07. The van der Waals surface area contributed by atoms with Gasteiger partial charge in [0, 0.05) is 28.4 Å². The monoisotopic (exact) mass is 331 g/mol. The number of rotatable bonds is 2. The number of benzene rings is 2. The molecule has 6 nitrogen and oxygen atoms in total. The molecule has 0 radical (unpaired) electrons. The zero-order valence-electron chi connectivity index (χ0n) is 13.3. The number of aliphatic hydroxyl groups excluding tert-OH is 1. The third kappa shape index (κ3) is 2.79. The molecule has 4 rings (SSSR count). The van der Waals surface area contributed by atoms with E-state index in [0.717, 1.165) is 33.3 Å². The van der Waals surface area contributed by atoms with Crippen molar-refractivity contribution in [3.05, 3.63) is 65.9 Å². The predicted octanol–water partition coefficient (Wildman–Crippen LogP) is 2.42. The SMILES string of the molecule is NC(N)=Nc1ccc2c(c1)C(=Cc1ccnc3ccccc13)C(O)N2. The number of hydrogen-bond donors (Lipinski definition) is 4. The number of guanidine groups is 1. The fraction of sp³-hybridized carbons (Fsp3) is 0.0526. The third-order valence-corrected chi connectivity index (χ3v) is 4.15. The van der Waals surface area contributed by atoms with Crippen molar-refractivity contribution in [2.45, 2.75) is 6.23 Å². The maximum absolute atomic E-state index is 10.4. The van der Waals surface area contributed by atoms with E-state index in [1.54, 1.807) is 12.3 Å². The summed E-state index contributed by atoms with van der Waals surface area (Å²) in [7, 11) is 0. The number of aromatic nitrogens is 1. The summed E-state index contributed by atoms with van der Waals surface area (Å²) in [4.78, 5) is 8.45. The second kappa shape index (κ2) is 5.92. The molecule has 1 atom stereocenters. The van der Waals surface area contributed by atoms with Crippen molar-refractivity contribution in [2.75, 3.05) is 5.32 Å². The maximum atomic E-state index is 10.4. The largest absolute Gasteiger partial charge is 0.370 e. The van der Waals surface area contributed by atoms with Gasteiger partial charge in [0.25, 0.3) is 0 Å². The van der Waals surface area contributed by atoms with E-state index in [2.05, 4.69) is 15.3 Å². The first-order valence-electron chi connectivity index (χ1n) is 7.86. The van der Waals surface area contributed by atoms with Crippen molar-refractivity contribution >= 4 is 39.9 Å². The van der Waals surface area contributed by atoms with Gasteiger partial charge in [-0.05, 0) is 42.0 Å². The van der Waals surface area contributed by atoms with Crippen molar-refractivity contribution in [3.63, 3.8) is 0 Å². The molecule has 1 aromatic heterocycles. The number of para-hydroxylation sites is 1. The molecule has 2 aromatic carbocycles. The van der Waals surface area contributed by atoms with Gasteiger partial charge in [-0.15, -0.1) is 0 Å². The number of nitrogens with two attached hydrogens (primary N) is 2. The van der Waals surface area contributed by atoms with E-state index in [1.165, 1.54) is 0 Å². The van der Waals surface area contributed by atoms with E-state index in [1.807, 2.05) is 48.5 Å². The van der Waals surface area contributed by atoms with Crippen molar-refractivity contribution in [1.29, 1.82) is 0 Å². The van der Waals surface area contributed by atoms with Gasteiger partial charge < -0.3 is 21.9 Å². The Morgan fingerprint density at radius 1 is 1.16 bits per heavy atom. The van der Waals surface area contributed by atoms with Gasteiger partial charge in [0.1, 0.15) is 0 Å². The normalized spacial score (nSPS) is 17.3. The predicted molar refractivity (Wildman–Crippen MR) is 101 cm³/mol. The Morgan fingerprint density at radius 2 is 2.00 bits per heavy atom. The Labute approximate surface area is 144 Å². The molecular formula is C19H17N5O. The lowest BCUT2D eigenvalue weighted by atomic mass is 10.0. The lowest BCUT2D eigenvalue weighted by molar-refractivity contribution is 0.266. The Bertz CT molecular complexity index is 1020. The molecule has 1 unspecified atom stereocenters. The molecule has 0 aliphatic carbocycles. The number of fused-ring (bicyclic) bond motifs is 2. The van der Waals surface area contributed by atoms with Crippen LogP contribution in [0.5, 0.6) is 0 Å². The average Bonchev–Trinajstić information content (AvgIpc) is 2.90. The molecule has 1 aliphatic heterocycles. The van der Waals surface area contributed by atoms with Crippen LogP contribution < -0.4 is 16.8 Å². The molecule has 0 spiro atoms. The highest BCUT2D eigenvalue weighted by Gasteiger charge is 2.24. The molecule has 0 saturated heterocycles. The van der Waals surface area contributed by atoms with E-state index >= 15 is 0 Å². The van der Waals surface area contributed by atoms with Gasteiger partial charge in [-0.3, -0.25) is 4.98 Å². The summed E-state index contributed by atoms with van der Waals surface area (Å²) in [5.74, 6) is -0.00267. The highest BCUT2D eigenvalue weighted by atomic mass is 16.3. The summed E-state index contributed by atoms with van der Waals surface area (Å²) < 4.78 is 0. The number of aliphatic hydroxyl groups is 1. The van der Waals surface area contributed by atoms with Gasteiger partial charge in [-0.1, -0.05) is 18.2 Å². The van der Waals surface area contributed by atoms with Crippen LogP contribution in [0.15, 0.2) is 59.7 Å². The third-order valence-electron chi connectivity index (χ3n) is 4.15. The molecule has 2 heterocycles. The van der Waals surface area contributed by atoms with Crippen LogP contribution in [0.4, 0.5) is 11.4 Å². The first kappa shape index (κ1) is 15.2. The summed E-state index contributed by atoms with van der Waals surface area (Å²) in [6.45, 7) is 0. The molecule has 0 fully saturated rings. The second-order valence-corrected chi connectivity index (χ2v) is 5.83. The number of pyridine rings is 1. The average molecular weight is 331 g/mol. The van der Waals surface area contributed by atoms with Crippen molar-refractivity contribution in [1.82, 2.24) is 4.98 Å². The minimum Gasteiger partial charge on any atom is -0.370 e. The van der Waals surface area contributed by atoms with E-state index in [4.69, 9.17) is 11.5 Å². The molecule has 6 N–H and O–H groups in total. The van der Waals surface area contributed by atoms with Crippen molar-refractivity contribution < 1.29 is 5.11 Å². The van der Waals surface area contributed by atoms with Crippen LogP contribution in [-0.4, -0.2) is 22.3 Å². The van der Waals surface area contributed by atoms with Crippen LogP contribution in [0.3, 0.4) is 0 Å². The topological polar surface area (TPSA) is 110 Å². The Hall–Kier alpha value is -3.38. The highest BCUT2D eigenvalue weighted by molar-refractivity contribution is 5.99. The fourth-order valence-electron chi connectivity index (χ4n) is 3.06. The molecule has 0 saturated carbocycles. The quantitative estimate of drug-likeness (QED) is 0.426. The number of anilines is 1. The van der Waals surface area contributed by atoms with Gasteiger partial charge in [0.2, 0.25) is 0 Å². The first-order chi connectivity index (χ1) is 12.1. The molecule has 0 amide bonds. The van der Waals surface area contributed by atoms with E-state index in [0.29, 0.717) is 5.69 Å². The summed E-state index contributed by atoms with van der Waals surface area (Å²) in [6, 6.07) is 15.3. The molecule has 3 aromatic rings. The fourth-order valence-corrected chi connectivity index (χ4v) is 3.06. The molecule has 25 heavy (non-hydrogen) atoms. The first-order valence-corrected chi connectivity index (χ1v) is 7.86. The Morgan fingerprint density at radius 3 is 2.84 bits per heavy atom. The van der Waals surface area contributed by atoms with Crippen LogP contribution in [0.2, 0.25) is 0 Å². The van der Waals surface area contributed by atoms with Gasteiger partial charge in [0.15, 0.2) is 12.2 Å².